The summed E-state index contributed by atoms with van der Waals surface area (Å²) in [7, 11) is 1.54. The maximum Gasteiger partial charge on any atom is 0.315 e. The molecule has 4 rings (SSSR count). The molecule has 3 aromatic rings. The summed E-state index contributed by atoms with van der Waals surface area (Å²) in [6.07, 6.45) is -2.55. The standard InChI is InChI=1S/C24H23F2NO3/c1-29-24(11-12-27(16-24)23(28)22(25)26)20-7-4-8-21(14-20)30-15-17-9-10-18-5-2-3-6-19(18)13-17/h2-10,13-14,22H,11-12,15-16H2,1H3. The van der Waals surface area contributed by atoms with Crippen molar-refractivity contribution in [1.82, 2.24) is 4.90 Å². The number of hydrogen-bond donors (Lipinski definition) is 0. The highest BCUT2D eigenvalue weighted by Gasteiger charge is 2.43. The van der Waals surface area contributed by atoms with E-state index in [1.54, 1.807) is 7.11 Å². The van der Waals surface area contributed by atoms with Crippen LogP contribution in [0, 0.1) is 0 Å². The zero-order valence-corrected chi connectivity index (χ0v) is 16.7. The maximum absolute atomic E-state index is 12.8. The van der Waals surface area contributed by atoms with E-state index in [2.05, 4.69) is 24.3 Å². The highest BCUT2D eigenvalue weighted by molar-refractivity contribution is 5.83. The van der Waals surface area contributed by atoms with Crippen LogP contribution in [0.15, 0.2) is 66.7 Å². The van der Waals surface area contributed by atoms with Crippen LogP contribution in [0.1, 0.15) is 17.5 Å². The molecule has 0 spiro atoms. The molecule has 1 fully saturated rings. The highest BCUT2D eigenvalue weighted by Crippen LogP contribution is 2.37. The molecule has 1 aliphatic rings. The first-order valence-electron chi connectivity index (χ1n) is 9.84. The van der Waals surface area contributed by atoms with Gasteiger partial charge in [0.25, 0.3) is 5.91 Å². The summed E-state index contributed by atoms with van der Waals surface area (Å²) >= 11 is 0. The Morgan fingerprint density at radius 2 is 1.87 bits per heavy atom. The predicted octanol–water partition coefficient (Wildman–Crippen LogP) is 4.76. The van der Waals surface area contributed by atoms with Crippen molar-refractivity contribution < 1.29 is 23.0 Å². The van der Waals surface area contributed by atoms with Crippen LogP contribution in [0.5, 0.6) is 5.75 Å². The highest BCUT2D eigenvalue weighted by atomic mass is 19.3. The number of nitrogens with zero attached hydrogens (tertiary/aromatic N) is 1. The Kier molecular flexibility index (Phi) is 5.68. The first-order chi connectivity index (χ1) is 14.5. The van der Waals surface area contributed by atoms with Gasteiger partial charge in [0.15, 0.2) is 0 Å². The molecule has 30 heavy (non-hydrogen) atoms. The number of rotatable bonds is 6. The van der Waals surface area contributed by atoms with E-state index in [1.165, 1.54) is 5.39 Å². The van der Waals surface area contributed by atoms with Gasteiger partial charge in [-0.3, -0.25) is 4.79 Å². The summed E-state index contributed by atoms with van der Waals surface area (Å²) in [5.74, 6) is -0.492. The van der Waals surface area contributed by atoms with Gasteiger partial charge in [-0.25, -0.2) is 0 Å². The number of carbonyl (C=O) groups excluding carboxylic acids is 1. The fourth-order valence-electron chi connectivity index (χ4n) is 3.99. The molecule has 0 aromatic heterocycles. The van der Waals surface area contributed by atoms with Gasteiger partial charge in [-0.2, -0.15) is 8.78 Å². The van der Waals surface area contributed by atoms with Crippen molar-refractivity contribution in [3.05, 3.63) is 77.9 Å². The molecular formula is C24H23F2NO3. The molecule has 6 heteroatoms. The van der Waals surface area contributed by atoms with E-state index in [-0.39, 0.29) is 13.1 Å². The monoisotopic (exact) mass is 411 g/mol. The average molecular weight is 411 g/mol. The van der Waals surface area contributed by atoms with Crippen LogP contribution in [0.2, 0.25) is 0 Å². The fraction of sp³-hybridized carbons (Fsp3) is 0.292. The Hall–Kier alpha value is -2.99. The molecule has 1 saturated heterocycles. The lowest BCUT2D eigenvalue weighted by molar-refractivity contribution is -0.143. The zero-order valence-electron chi connectivity index (χ0n) is 16.7. The second-order valence-electron chi connectivity index (χ2n) is 7.51. The van der Waals surface area contributed by atoms with Crippen molar-refractivity contribution in [2.75, 3.05) is 20.2 Å². The molecular weight excluding hydrogens is 388 g/mol. The number of amides is 1. The SMILES string of the molecule is COC1(c2cccc(OCc3ccc4ccccc4c3)c2)CCN(C(=O)C(F)F)C1. The zero-order chi connectivity index (χ0) is 21.1. The minimum Gasteiger partial charge on any atom is -0.489 e. The number of halogens is 2. The molecule has 0 radical (unpaired) electrons. The van der Waals surface area contributed by atoms with Crippen molar-refractivity contribution in [3.8, 4) is 5.75 Å². The molecule has 1 amide bonds. The predicted molar refractivity (Wildman–Crippen MR) is 111 cm³/mol. The van der Waals surface area contributed by atoms with Crippen LogP contribution >= 0.6 is 0 Å². The molecule has 1 heterocycles. The molecule has 0 saturated carbocycles. The smallest absolute Gasteiger partial charge is 0.315 e. The number of hydrogen-bond acceptors (Lipinski definition) is 3. The van der Waals surface area contributed by atoms with E-state index >= 15 is 0 Å². The summed E-state index contributed by atoms with van der Waals surface area (Å²) in [4.78, 5) is 12.9. The molecule has 156 valence electrons. The summed E-state index contributed by atoms with van der Waals surface area (Å²) in [6.45, 7) is 0.740. The third kappa shape index (κ3) is 4.00. The third-order valence-electron chi connectivity index (χ3n) is 5.70. The number of fused-ring (bicyclic) bond motifs is 1. The van der Waals surface area contributed by atoms with Gasteiger partial charge in [-0.15, -0.1) is 0 Å². The molecule has 0 N–H and O–H groups in total. The lowest BCUT2D eigenvalue weighted by Crippen LogP contribution is -2.38. The van der Waals surface area contributed by atoms with Gasteiger partial charge in [-0.05, 0) is 46.5 Å². The Labute approximate surface area is 174 Å². The molecule has 3 aromatic carbocycles. The van der Waals surface area contributed by atoms with E-state index < -0.39 is 17.9 Å². The fourth-order valence-corrected chi connectivity index (χ4v) is 3.99. The van der Waals surface area contributed by atoms with Crippen molar-refractivity contribution >= 4 is 16.7 Å². The topological polar surface area (TPSA) is 38.8 Å². The van der Waals surface area contributed by atoms with Gasteiger partial charge in [0.05, 0.1) is 6.54 Å². The van der Waals surface area contributed by atoms with Crippen molar-refractivity contribution in [1.29, 1.82) is 0 Å². The lowest BCUT2D eigenvalue weighted by Gasteiger charge is -2.28. The normalized spacial score (nSPS) is 18.9. The molecule has 1 aliphatic heterocycles. The first kappa shape index (κ1) is 20.3. The summed E-state index contributed by atoms with van der Waals surface area (Å²) < 4.78 is 37.3. The second kappa shape index (κ2) is 8.40. The number of benzene rings is 3. The summed E-state index contributed by atoms with van der Waals surface area (Å²) in [5, 5.41) is 2.33. The Morgan fingerprint density at radius 1 is 1.07 bits per heavy atom. The van der Waals surface area contributed by atoms with Crippen LogP contribution in [0.3, 0.4) is 0 Å². The quantitative estimate of drug-likeness (QED) is 0.587. The summed E-state index contributed by atoms with van der Waals surface area (Å²) in [5.41, 5.74) is 1.05. The Bertz CT molecular complexity index is 1060. The van der Waals surface area contributed by atoms with Gasteiger partial charge in [0, 0.05) is 13.7 Å². The lowest BCUT2D eigenvalue weighted by atomic mass is 9.92. The van der Waals surface area contributed by atoms with Crippen molar-refractivity contribution in [3.63, 3.8) is 0 Å². The van der Waals surface area contributed by atoms with Crippen molar-refractivity contribution in [2.45, 2.75) is 25.1 Å². The van der Waals surface area contributed by atoms with E-state index in [4.69, 9.17) is 9.47 Å². The van der Waals surface area contributed by atoms with Gasteiger partial charge >= 0.3 is 6.43 Å². The van der Waals surface area contributed by atoms with Crippen molar-refractivity contribution in [2.24, 2.45) is 0 Å². The van der Waals surface area contributed by atoms with E-state index in [1.807, 2.05) is 42.5 Å². The van der Waals surface area contributed by atoms with Crippen LogP contribution in [0.4, 0.5) is 8.78 Å². The minimum absolute atomic E-state index is 0.0980. The first-order valence-corrected chi connectivity index (χ1v) is 9.84. The molecule has 1 atom stereocenters. The number of likely N-dealkylation sites (tertiary alicyclic amines) is 1. The van der Waals surface area contributed by atoms with Crippen LogP contribution in [0.25, 0.3) is 10.8 Å². The third-order valence-corrected chi connectivity index (χ3v) is 5.70. The van der Waals surface area contributed by atoms with E-state index in [0.29, 0.717) is 18.8 Å². The van der Waals surface area contributed by atoms with Gasteiger partial charge in [0.2, 0.25) is 0 Å². The van der Waals surface area contributed by atoms with E-state index in [0.717, 1.165) is 21.4 Å². The number of alkyl halides is 2. The summed E-state index contributed by atoms with van der Waals surface area (Å²) in [6, 6.07) is 21.8. The second-order valence-corrected chi connectivity index (χ2v) is 7.51. The molecule has 4 nitrogen and oxygen atoms in total. The maximum atomic E-state index is 12.8. The number of carbonyl (C=O) groups is 1. The average Bonchev–Trinajstić information content (AvgIpc) is 3.23. The Balaban J connectivity index is 1.49. The van der Waals surface area contributed by atoms with Gasteiger partial charge in [-0.1, -0.05) is 48.5 Å². The van der Waals surface area contributed by atoms with Crippen LogP contribution in [-0.4, -0.2) is 37.4 Å². The van der Waals surface area contributed by atoms with Gasteiger partial charge < -0.3 is 14.4 Å². The molecule has 0 bridgehead atoms. The largest absolute Gasteiger partial charge is 0.489 e. The van der Waals surface area contributed by atoms with Gasteiger partial charge in [0.1, 0.15) is 18.0 Å². The number of ether oxygens (including phenoxy) is 2. The number of methoxy groups -OCH3 is 1. The van der Waals surface area contributed by atoms with Crippen LogP contribution < -0.4 is 4.74 Å². The minimum atomic E-state index is -3.01. The van der Waals surface area contributed by atoms with Crippen LogP contribution in [-0.2, 0) is 21.7 Å². The Morgan fingerprint density at radius 3 is 2.63 bits per heavy atom. The molecule has 0 aliphatic carbocycles. The molecule has 1 unspecified atom stereocenters. The van der Waals surface area contributed by atoms with E-state index in [9.17, 15) is 13.6 Å².